The molecule has 1 heterocycles. The molecule has 1 atom stereocenters. The van der Waals surface area contributed by atoms with Crippen LogP contribution in [0, 0.1) is 5.92 Å². The van der Waals surface area contributed by atoms with E-state index in [-0.39, 0.29) is 6.61 Å². The number of nitrogens with zero attached hydrogens (tertiary/aromatic N) is 2. The second-order valence-corrected chi connectivity index (χ2v) is 7.40. The zero-order chi connectivity index (χ0) is 20.0. The maximum atomic E-state index is 9.26. The monoisotopic (exact) mass is 390 g/mol. The van der Waals surface area contributed by atoms with Crippen LogP contribution in [0.3, 0.4) is 0 Å². The van der Waals surface area contributed by atoms with Crippen LogP contribution in [0.2, 0.25) is 0 Å². The molecule has 1 fully saturated rings. The molecule has 0 aliphatic carbocycles. The molecule has 0 amide bonds. The van der Waals surface area contributed by atoms with Crippen molar-refractivity contribution in [3.05, 3.63) is 35.4 Å². The van der Waals surface area contributed by atoms with E-state index >= 15 is 0 Å². The summed E-state index contributed by atoms with van der Waals surface area (Å²) in [6, 6.07) is 8.58. The summed E-state index contributed by atoms with van der Waals surface area (Å²) >= 11 is 0. The third-order valence-corrected chi connectivity index (χ3v) is 5.16. The van der Waals surface area contributed by atoms with Crippen molar-refractivity contribution in [3.63, 3.8) is 0 Å². The molecule has 6 heteroatoms. The van der Waals surface area contributed by atoms with Gasteiger partial charge < -0.3 is 20.5 Å². The van der Waals surface area contributed by atoms with Crippen LogP contribution in [0.5, 0.6) is 0 Å². The van der Waals surface area contributed by atoms with Crippen LogP contribution in [0.4, 0.5) is 0 Å². The van der Waals surface area contributed by atoms with E-state index < -0.39 is 0 Å². The van der Waals surface area contributed by atoms with Gasteiger partial charge in [-0.2, -0.15) is 0 Å². The van der Waals surface area contributed by atoms with Crippen LogP contribution < -0.4 is 10.6 Å². The lowest BCUT2D eigenvalue weighted by atomic mass is 10.0. The molecule has 6 nitrogen and oxygen atoms in total. The van der Waals surface area contributed by atoms with Crippen LogP contribution >= 0.6 is 0 Å². The van der Waals surface area contributed by atoms with Crippen LogP contribution in [-0.2, 0) is 17.8 Å². The zero-order valence-electron chi connectivity index (χ0n) is 17.6. The number of morpholine rings is 1. The van der Waals surface area contributed by atoms with Gasteiger partial charge in [0, 0.05) is 39.3 Å². The van der Waals surface area contributed by atoms with Crippen molar-refractivity contribution in [1.29, 1.82) is 0 Å². The summed E-state index contributed by atoms with van der Waals surface area (Å²) in [7, 11) is 0. The lowest BCUT2D eigenvalue weighted by Gasteiger charge is -2.27. The Morgan fingerprint density at radius 2 is 1.89 bits per heavy atom. The van der Waals surface area contributed by atoms with Gasteiger partial charge in [-0.15, -0.1) is 0 Å². The SMILES string of the molecule is CCCC(CCO)CNC(=NCc1ccccc1CN1CCOCC1)NCC. The topological polar surface area (TPSA) is 69.1 Å². The van der Waals surface area contributed by atoms with Gasteiger partial charge in [-0.25, -0.2) is 4.99 Å². The highest BCUT2D eigenvalue weighted by molar-refractivity contribution is 5.79. The first-order chi connectivity index (χ1) is 13.8. The highest BCUT2D eigenvalue weighted by atomic mass is 16.5. The highest BCUT2D eigenvalue weighted by Gasteiger charge is 2.13. The van der Waals surface area contributed by atoms with Gasteiger partial charge in [0.1, 0.15) is 0 Å². The molecule has 0 saturated carbocycles. The van der Waals surface area contributed by atoms with Gasteiger partial charge in [-0.3, -0.25) is 4.90 Å². The van der Waals surface area contributed by atoms with Crippen molar-refractivity contribution in [3.8, 4) is 0 Å². The first kappa shape index (κ1) is 22.7. The summed E-state index contributed by atoms with van der Waals surface area (Å²) in [5.74, 6) is 1.33. The number of aliphatic hydroxyl groups excluding tert-OH is 1. The summed E-state index contributed by atoms with van der Waals surface area (Å²) in [4.78, 5) is 7.26. The Kier molecular flexibility index (Phi) is 10.9. The van der Waals surface area contributed by atoms with Gasteiger partial charge in [0.2, 0.25) is 0 Å². The first-order valence-corrected chi connectivity index (χ1v) is 10.8. The molecule has 0 bridgehead atoms. The molecule has 1 unspecified atom stereocenters. The first-order valence-electron chi connectivity index (χ1n) is 10.8. The smallest absolute Gasteiger partial charge is 0.191 e. The minimum absolute atomic E-state index is 0.245. The Balaban J connectivity index is 1.97. The molecule has 2 rings (SSSR count). The molecule has 3 N–H and O–H groups in total. The molecular formula is C22H38N4O2. The van der Waals surface area contributed by atoms with E-state index in [0.29, 0.717) is 12.5 Å². The predicted octanol–water partition coefficient (Wildman–Crippen LogP) is 2.37. The quantitative estimate of drug-likeness (QED) is 0.400. The minimum atomic E-state index is 0.245. The lowest BCUT2D eigenvalue weighted by Crippen LogP contribution is -2.40. The van der Waals surface area contributed by atoms with E-state index in [1.807, 2.05) is 0 Å². The molecule has 1 aliphatic heterocycles. The number of guanidine groups is 1. The molecule has 1 aromatic rings. The van der Waals surface area contributed by atoms with Crippen molar-refractivity contribution < 1.29 is 9.84 Å². The predicted molar refractivity (Wildman–Crippen MR) is 115 cm³/mol. The van der Waals surface area contributed by atoms with E-state index in [4.69, 9.17) is 9.73 Å². The van der Waals surface area contributed by atoms with E-state index in [9.17, 15) is 5.11 Å². The maximum absolute atomic E-state index is 9.26. The summed E-state index contributed by atoms with van der Waals surface area (Å²) in [5.41, 5.74) is 2.61. The third-order valence-electron chi connectivity index (χ3n) is 5.16. The average Bonchev–Trinajstić information content (AvgIpc) is 2.72. The summed E-state index contributed by atoms with van der Waals surface area (Å²) in [6.07, 6.45) is 3.09. The number of benzene rings is 1. The number of aliphatic hydroxyl groups is 1. The van der Waals surface area contributed by atoms with Gasteiger partial charge in [0.05, 0.1) is 19.8 Å². The highest BCUT2D eigenvalue weighted by Crippen LogP contribution is 2.14. The van der Waals surface area contributed by atoms with Crippen molar-refractivity contribution in [2.24, 2.45) is 10.9 Å². The Morgan fingerprint density at radius 1 is 1.14 bits per heavy atom. The fourth-order valence-corrected chi connectivity index (χ4v) is 3.55. The second kappa shape index (κ2) is 13.5. The number of aliphatic imine (C=N–C) groups is 1. The molecule has 0 spiro atoms. The van der Waals surface area contributed by atoms with Gasteiger partial charge in [-0.1, -0.05) is 37.6 Å². The zero-order valence-corrected chi connectivity index (χ0v) is 17.6. The second-order valence-electron chi connectivity index (χ2n) is 7.40. The van der Waals surface area contributed by atoms with Crippen LogP contribution in [0.15, 0.2) is 29.3 Å². The molecule has 158 valence electrons. The number of hydrogen-bond donors (Lipinski definition) is 3. The van der Waals surface area contributed by atoms with E-state index in [0.717, 1.165) is 71.2 Å². The van der Waals surface area contributed by atoms with E-state index in [1.165, 1.54) is 11.1 Å². The molecule has 1 aromatic carbocycles. The van der Waals surface area contributed by atoms with E-state index in [1.54, 1.807) is 0 Å². The van der Waals surface area contributed by atoms with Gasteiger partial charge in [-0.05, 0) is 36.8 Å². The van der Waals surface area contributed by atoms with Crippen molar-refractivity contribution in [2.45, 2.75) is 46.2 Å². The fraction of sp³-hybridized carbons (Fsp3) is 0.682. The number of hydrogen-bond acceptors (Lipinski definition) is 4. The van der Waals surface area contributed by atoms with E-state index in [2.05, 4.69) is 53.6 Å². The van der Waals surface area contributed by atoms with Gasteiger partial charge in [0.15, 0.2) is 5.96 Å². The molecule has 1 saturated heterocycles. The Morgan fingerprint density at radius 3 is 2.57 bits per heavy atom. The van der Waals surface area contributed by atoms with Crippen LogP contribution in [0.1, 0.15) is 44.2 Å². The molecule has 1 aliphatic rings. The average molecular weight is 391 g/mol. The Labute approximate surface area is 170 Å². The van der Waals surface area contributed by atoms with Crippen molar-refractivity contribution >= 4 is 5.96 Å². The fourth-order valence-electron chi connectivity index (χ4n) is 3.55. The molecular weight excluding hydrogens is 352 g/mol. The normalized spacial score (nSPS) is 16.8. The number of rotatable bonds is 11. The molecule has 0 radical (unpaired) electrons. The van der Waals surface area contributed by atoms with Gasteiger partial charge in [0.25, 0.3) is 0 Å². The van der Waals surface area contributed by atoms with Crippen LogP contribution in [0.25, 0.3) is 0 Å². The minimum Gasteiger partial charge on any atom is -0.396 e. The summed E-state index contributed by atoms with van der Waals surface area (Å²) < 4.78 is 5.46. The largest absolute Gasteiger partial charge is 0.396 e. The maximum Gasteiger partial charge on any atom is 0.191 e. The Hall–Kier alpha value is -1.63. The summed E-state index contributed by atoms with van der Waals surface area (Å²) in [5, 5.41) is 16.1. The standard InChI is InChI=1S/C22H38N4O2/c1-3-7-19(10-13-27)16-24-22(23-4-2)25-17-20-8-5-6-9-21(20)18-26-11-14-28-15-12-26/h5-6,8-9,19,27H,3-4,7,10-18H2,1-2H3,(H2,23,24,25). The Bertz CT molecular complexity index is 567. The van der Waals surface area contributed by atoms with Gasteiger partial charge >= 0.3 is 0 Å². The molecule has 0 aromatic heterocycles. The molecule has 28 heavy (non-hydrogen) atoms. The third kappa shape index (κ3) is 8.17. The van der Waals surface area contributed by atoms with Crippen molar-refractivity contribution in [1.82, 2.24) is 15.5 Å². The van der Waals surface area contributed by atoms with Crippen LogP contribution in [-0.4, -0.2) is 62.0 Å². The number of nitrogens with one attached hydrogen (secondary N) is 2. The summed E-state index contributed by atoms with van der Waals surface area (Å²) in [6.45, 7) is 11.4. The number of ether oxygens (including phenoxy) is 1. The van der Waals surface area contributed by atoms with Crippen molar-refractivity contribution in [2.75, 3.05) is 46.0 Å². The lowest BCUT2D eigenvalue weighted by molar-refractivity contribution is 0.0341.